The van der Waals surface area contributed by atoms with Crippen LogP contribution in [0.3, 0.4) is 0 Å². The van der Waals surface area contributed by atoms with Gasteiger partial charge in [0.1, 0.15) is 0 Å². The summed E-state index contributed by atoms with van der Waals surface area (Å²) < 4.78 is 0. The molecule has 0 bridgehead atoms. The Bertz CT molecular complexity index is 322. The molecule has 1 aromatic rings. The van der Waals surface area contributed by atoms with Crippen LogP contribution in [0.5, 0.6) is 0 Å². The molecule has 1 aromatic carbocycles. The van der Waals surface area contributed by atoms with Crippen LogP contribution in [-0.4, -0.2) is 30.2 Å². The molecule has 0 atom stereocenters. The monoisotopic (exact) mass is 210 g/mol. The first-order valence-corrected chi connectivity index (χ1v) is 6.08. The van der Waals surface area contributed by atoms with Gasteiger partial charge < -0.3 is 10.2 Å². The second-order valence-corrected chi connectivity index (χ2v) is 5.42. The van der Waals surface area contributed by atoms with Crippen LogP contribution in [0, 0.1) is 0 Å². The van der Waals surface area contributed by atoms with Crippen molar-refractivity contribution in [1.82, 2.24) is 0 Å². The van der Waals surface area contributed by atoms with Gasteiger partial charge in [-0.1, -0.05) is 30.3 Å². The fraction of sp³-hybridized carbons (Fsp3) is 0.111. The summed E-state index contributed by atoms with van der Waals surface area (Å²) in [6.07, 6.45) is 0. The van der Waals surface area contributed by atoms with E-state index in [1.165, 1.54) is 0 Å². The maximum atomic E-state index is 10.6. The lowest BCUT2D eigenvalue weighted by Crippen LogP contribution is -2.35. The van der Waals surface area contributed by atoms with Crippen LogP contribution in [0.15, 0.2) is 30.3 Å². The summed E-state index contributed by atoms with van der Waals surface area (Å²) in [7, 11) is -2.77. The van der Waals surface area contributed by atoms with Crippen molar-refractivity contribution < 1.29 is 19.8 Å². The topological polar surface area (TPSA) is 74.6 Å². The van der Waals surface area contributed by atoms with E-state index in [0.717, 1.165) is 5.56 Å². The zero-order valence-corrected chi connectivity index (χ0v) is 8.54. The van der Waals surface area contributed by atoms with Crippen LogP contribution in [0.4, 0.5) is 9.59 Å². The van der Waals surface area contributed by atoms with Crippen LogP contribution in [0.2, 0.25) is 0 Å². The lowest BCUT2D eigenvalue weighted by Gasteiger charge is -2.04. The number of hydrogen-bond donors (Lipinski definition) is 2. The van der Waals surface area contributed by atoms with Crippen molar-refractivity contribution in [3.05, 3.63) is 35.9 Å². The summed E-state index contributed by atoms with van der Waals surface area (Å²) in [5, 5.41) is 17.4. The molecule has 0 saturated heterocycles. The SMILES string of the molecule is O=C(O)[SiH](Cc1ccccc1)C(=O)O. The average Bonchev–Trinajstić information content (AvgIpc) is 2.15. The van der Waals surface area contributed by atoms with Crippen molar-refractivity contribution in [3.8, 4) is 0 Å². The van der Waals surface area contributed by atoms with Crippen molar-refractivity contribution in [2.45, 2.75) is 6.04 Å². The van der Waals surface area contributed by atoms with E-state index in [0.29, 0.717) is 0 Å². The minimum absolute atomic E-state index is 0.158. The Labute approximate surface area is 82.4 Å². The van der Waals surface area contributed by atoms with Crippen LogP contribution in [0.25, 0.3) is 0 Å². The van der Waals surface area contributed by atoms with Crippen molar-refractivity contribution >= 4 is 20.0 Å². The van der Waals surface area contributed by atoms with Crippen LogP contribution < -0.4 is 0 Å². The first-order chi connectivity index (χ1) is 6.61. The van der Waals surface area contributed by atoms with Gasteiger partial charge in [-0.3, -0.25) is 9.59 Å². The molecule has 0 aliphatic heterocycles. The standard InChI is InChI=1S/C9H10O4Si/c10-8(11)14(9(12)13)6-7-4-2-1-3-5-7/h1-5,14H,6H2,(H,10,11)(H,12,13). The third-order valence-corrected chi connectivity index (χ3v) is 3.95. The summed E-state index contributed by atoms with van der Waals surface area (Å²) in [4.78, 5) is 21.3. The van der Waals surface area contributed by atoms with Gasteiger partial charge in [-0.2, -0.15) is 0 Å². The van der Waals surface area contributed by atoms with Crippen LogP contribution in [0.1, 0.15) is 5.56 Å². The summed E-state index contributed by atoms with van der Waals surface area (Å²) in [6, 6.07) is 8.99. The van der Waals surface area contributed by atoms with Gasteiger partial charge in [-0.15, -0.1) is 0 Å². The lowest BCUT2D eigenvalue weighted by atomic mass is 10.2. The van der Waals surface area contributed by atoms with E-state index in [1.54, 1.807) is 24.3 Å². The highest BCUT2D eigenvalue weighted by atomic mass is 28.3. The van der Waals surface area contributed by atoms with Gasteiger partial charge in [0.25, 0.3) is 11.2 Å². The lowest BCUT2D eigenvalue weighted by molar-refractivity contribution is 0.211. The molecular formula is C9H10O4Si. The Balaban J connectivity index is 2.75. The van der Waals surface area contributed by atoms with Gasteiger partial charge >= 0.3 is 8.80 Å². The Hall–Kier alpha value is -1.62. The molecule has 0 radical (unpaired) electrons. The normalized spacial score (nSPS) is 10.1. The van der Waals surface area contributed by atoms with Crippen molar-refractivity contribution in [2.75, 3.05) is 0 Å². The van der Waals surface area contributed by atoms with Gasteiger partial charge in [0.05, 0.1) is 0 Å². The van der Waals surface area contributed by atoms with E-state index >= 15 is 0 Å². The van der Waals surface area contributed by atoms with Gasteiger partial charge in [0, 0.05) is 0 Å². The fourth-order valence-corrected chi connectivity index (χ4v) is 2.43. The number of carbonyl (C=O) groups is 2. The van der Waals surface area contributed by atoms with Crippen molar-refractivity contribution in [1.29, 1.82) is 0 Å². The van der Waals surface area contributed by atoms with E-state index in [-0.39, 0.29) is 6.04 Å². The van der Waals surface area contributed by atoms with E-state index in [9.17, 15) is 9.59 Å². The number of carboxylic acid groups (broad SMARTS) is 2. The molecule has 2 N–H and O–H groups in total. The molecule has 1 rings (SSSR count). The molecule has 14 heavy (non-hydrogen) atoms. The predicted molar refractivity (Wildman–Crippen MR) is 53.3 cm³/mol. The maximum Gasteiger partial charge on any atom is 0.301 e. The first kappa shape index (κ1) is 10.5. The minimum atomic E-state index is -2.77. The highest BCUT2D eigenvalue weighted by Gasteiger charge is 2.28. The first-order valence-electron chi connectivity index (χ1n) is 4.11. The molecule has 0 heterocycles. The van der Waals surface area contributed by atoms with Gasteiger partial charge in [-0.25, -0.2) is 0 Å². The molecule has 0 fully saturated rings. The number of hydrogen-bond acceptors (Lipinski definition) is 2. The van der Waals surface area contributed by atoms with Gasteiger partial charge in [0.15, 0.2) is 0 Å². The van der Waals surface area contributed by atoms with E-state index < -0.39 is 20.0 Å². The molecule has 0 aliphatic carbocycles. The molecule has 0 aliphatic rings. The third kappa shape index (κ3) is 2.70. The van der Waals surface area contributed by atoms with E-state index in [2.05, 4.69) is 0 Å². The number of rotatable bonds is 4. The molecule has 0 saturated carbocycles. The van der Waals surface area contributed by atoms with Crippen LogP contribution in [-0.2, 0) is 6.04 Å². The van der Waals surface area contributed by atoms with Crippen LogP contribution >= 0.6 is 0 Å². The highest BCUT2D eigenvalue weighted by molar-refractivity contribution is 7.08. The molecule has 0 spiro atoms. The fourth-order valence-electron chi connectivity index (χ4n) is 1.13. The predicted octanol–water partition coefficient (Wildman–Crippen LogP) is 1.51. The zero-order valence-electron chi connectivity index (χ0n) is 7.38. The van der Waals surface area contributed by atoms with E-state index in [4.69, 9.17) is 10.2 Å². The Morgan fingerprint density at radius 2 is 1.57 bits per heavy atom. The quantitative estimate of drug-likeness (QED) is 0.739. The Kier molecular flexibility index (Phi) is 3.41. The molecular weight excluding hydrogens is 200 g/mol. The van der Waals surface area contributed by atoms with E-state index in [1.807, 2.05) is 6.07 Å². The summed E-state index contributed by atoms with van der Waals surface area (Å²) in [5.74, 6) is 0. The summed E-state index contributed by atoms with van der Waals surface area (Å²) in [6.45, 7) is 0. The number of benzene rings is 1. The molecule has 0 unspecified atom stereocenters. The summed E-state index contributed by atoms with van der Waals surface area (Å²) in [5.41, 5.74) is -1.56. The van der Waals surface area contributed by atoms with Crippen molar-refractivity contribution in [3.63, 3.8) is 0 Å². The Morgan fingerprint density at radius 1 is 1.07 bits per heavy atom. The highest BCUT2D eigenvalue weighted by Crippen LogP contribution is 2.03. The maximum absolute atomic E-state index is 10.6. The molecule has 5 heteroatoms. The smallest absolute Gasteiger partial charge is 0.301 e. The van der Waals surface area contributed by atoms with Gasteiger partial charge in [0.2, 0.25) is 0 Å². The van der Waals surface area contributed by atoms with Crippen molar-refractivity contribution in [2.24, 2.45) is 0 Å². The molecule has 74 valence electrons. The second-order valence-electron chi connectivity index (χ2n) is 2.92. The third-order valence-electron chi connectivity index (χ3n) is 1.88. The minimum Gasteiger partial charge on any atom is -0.485 e. The van der Waals surface area contributed by atoms with Gasteiger partial charge in [-0.05, 0) is 11.6 Å². The molecule has 0 amide bonds. The Morgan fingerprint density at radius 3 is 2.00 bits per heavy atom. The summed E-state index contributed by atoms with van der Waals surface area (Å²) >= 11 is 0. The molecule has 4 nitrogen and oxygen atoms in total. The average molecular weight is 210 g/mol. The second kappa shape index (κ2) is 4.57. The molecule has 0 aromatic heterocycles. The zero-order chi connectivity index (χ0) is 10.6. The largest absolute Gasteiger partial charge is 0.485 e.